The van der Waals surface area contributed by atoms with Crippen molar-refractivity contribution in [2.45, 2.75) is 33.0 Å². The van der Waals surface area contributed by atoms with Gasteiger partial charge >= 0.3 is 12.0 Å². The average molecular weight is 356 g/mol. The average Bonchev–Trinajstić information content (AvgIpc) is 2.59. The molecule has 0 fully saturated rings. The van der Waals surface area contributed by atoms with Crippen LogP contribution in [0.5, 0.6) is 5.75 Å². The van der Waals surface area contributed by atoms with Gasteiger partial charge in [-0.05, 0) is 49.2 Å². The molecule has 0 heterocycles. The molecule has 2 aromatic rings. The summed E-state index contributed by atoms with van der Waals surface area (Å²) < 4.78 is 5.67. The molecule has 2 N–H and O–H groups in total. The minimum absolute atomic E-state index is 0.0961. The molecule has 0 aliphatic heterocycles. The molecule has 0 aromatic heterocycles. The summed E-state index contributed by atoms with van der Waals surface area (Å²) in [6, 6.07) is 13.9. The number of carboxylic acid groups (broad SMARTS) is 1. The summed E-state index contributed by atoms with van der Waals surface area (Å²) in [5, 5.41) is 11.7. The smallest absolute Gasteiger partial charge is 0.335 e. The van der Waals surface area contributed by atoms with Crippen molar-refractivity contribution in [1.29, 1.82) is 0 Å². The second-order valence-corrected chi connectivity index (χ2v) is 6.33. The molecule has 0 unspecified atom stereocenters. The Morgan fingerprint density at radius 2 is 1.81 bits per heavy atom. The van der Waals surface area contributed by atoms with E-state index in [1.54, 1.807) is 24.1 Å². The van der Waals surface area contributed by atoms with Crippen LogP contribution in [-0.4, -0.2) is 35.2 Å². The fourth-order valence-electron chi connectivity index (χ4n) is 2.41. The van der Waals surface area contributed by atoms with E-state index in [1.165, 1.54) is 12.1 Å². The van der Waals surface area contributed by atoms with Crippen LogP contribution in [0, 0.1) is 0 Å². The number of hydrogen-bond acceptors (Lipinski definition) is 3. The van der Waals surface area contributed by atoms with Crippen molar-refractivity contribution >= 4 is 12.0 Å². The van der Waals surface area contributed by atoms with Crippen molar-refractivity contribution in [2.75, 3.05) is 7.05 Å². The Bertz CT molecular complexity index is 757. The maximum atomic E-state index is 12.2. The van der Waals surface area contributed by atoms with E-state index in [0.29, 0.717) is 13.1 Å². The maximum absolute atomic E-state index is 12.2. The zero-order chi connectivity index (χ0) is 19.1. The van der Waals surface area contributed by atoms with E-state index in [4.69, 9.17) is 9.84 Å². The van der Waals surface area contributed by atoms with Gasteiger partial charge in [0.2, 0.25) is 0 Å². The molecule has 0 bridgehead atoms. The van der Waals surface area contributed by atoms with Gasteiger partial charge in [-0.25, -0.2) is 9.59 Å². The van der Waals surface area contributed by atoms with E-state index in [1.807, 2.05) is 38.1 Å². The number of aromatic carboxylic acids is 1. The molecule has 0 saturated carbocycles. The predicted octanol–water partition coefficient (Wildman–Crippen LogP) is 3.51. The van der Waals surface area contributed by atoms with Gasteiger partial charge in [0.25, 0.3) is 0 Å². The number of ether oxygens (including phenoxy) is 1. The van der Waals surface area contributed by atoms with Crippen LogP contribution in [0.3, 0.4) is 0 Å². The fourth-order valence-corrected chi connectivity index (χ4v) is 2.41. The van der Waals surface area contributed by atoms with Crippen molar-refractivity contribution < 1.29 is 19.4 Å². The van der Waals surface area contributed by atoms with Gasteiger partial charge in [0, 0.05) is 20.1 Å². The molecule has 0 aliphatic rings. The molecular formula is C20H24N2O4. The van der Waals surface area contributed by atoms with Crippen LogP contribution in [0.4, 0.5) is 4.79 Å². The second-order valence-electron chi connectivity index (χ2n) is 6.33. The number of benzene rings is 2. The van der Waals surface area contributed by atoms with E-state index >= 15 is 0 Å². The van der Waals surface area contributed by atoms with Gasteiger partial charge in [-0.15, -0.1) is 0 Å². The molecule has 138 valence electrons. The first kappa shape index (κ1) is 19.3. The van der Waals surface area contributed by atoms with Crippen molar-refractivity contribution in [2.24, 2.45) is 0 Å². The number of nitrogens with zero attached hydrogens (tertiary/aromatic N) is 1. The molecule has 0 aliphatic carbocycles. The normalized spacial score (nSPS) is 10.5. The van der Waals surface area contributed by atoms with Gasteiger partial charge in [0.05, 0.1) is 11.7 Å². The lowest BCUT2D eigenvalue weighted by Crippen LogP contribution is -2.36. The summed E-state index contributed by atoms with van der Waals surface area (Å²) in [7, 11) is 1.72. The van der Waals surface area contributed by atoms with E-state index in [9.17, 15) is 9.59 Å². The highest BCUT2D eigenvalue weighted by atomic mass is 16.5. The van der Waals surface area contributed by atoms with E-state index in [-0.39, 0.29) is 17.7 Å². The van der Waals surface area contributed by atoms with E-state index in [0.717, 1.165) is 16.9 Å². The number of rotatable bonds is 7. The van der Waals surface area contributed by atoms with Gasteiger partial charge < -0.3 is 20.1 Å². The van der Waals surface area contributed by atoms with Gasteiger partial charge in [0.1, 0.15) is 5.75 Å². The third-order valence-corrected chi connectivity index (χ3v) is 3.68. The Labute approximate surface area is 153 Å². The maximum Gasteiger partial charge on any atom is 0.335 e. The third kappa shape index (κ3) is 5.81. The monoisotopic (exact) mass is 356 g/mol. The van der Waals surface area contributed by atoms with Gasteiger partial charge in [-0.1, -0.05) is 24.3 Å². The first-order valence-corrected chi connectivity index (χ1v) is 8.42. The van der Waals surface area contributed by atoms with Crippen molar-refractivity contribution in [3.63, 3.8) is 0 Å². The number of carbonyl (C=O) groups excluding carboxylic acids is 1. The summed E-state index contributed by atoms with van der Waals surface area (Å²) in [6.45, 7) is 4.73. The number of carboxylic acids is 1. The Kier molecular flexibility index (Phi) is 6.60. The van der Waals surface area contributed by atoms with Gasteiger partial charge in [0.15, 0.2) is 0 Å². The van der Waals surface area contributed by atoms with Crippen LogP contribution < -0.4 is 10.1 Å². The first-order chi connectivity index (χ1) is 12.3. The Morgan fingerprint density at radius 3 is 2.42 bits per heavy atom. The van der Waals surface area contributed by atoms with Crippen molar-refractivity contribution in [3.05, 3.63) is 65.2 Å². The summed E-state index contributed by atoms with van der Waals surface area (Å²) in [5.74, 6) is -0.186. The summed E-state index contributed by atoms with van der Waals surface area (Å²) in [5.41, 5.74) is 2.04. The Morgan fingerprint density at radius 1 is 1.12 bits per heavy atom. The van der Waals surface area contributed by atoms with Gasteiger partial charge in [-0.2, -0.15) is 0 Å². The molecule has 26 heavy (non-hydrogen) atoms. The second kappa shape index (κ2) is 8.89. The quantitative estimate of drug-likeness (QED) is 0.796. The molecule has 2 amide bonds. The topological polar surface area (TPSA) is 78.9 Å². The van der Waals surface area contributed by atoms with Crippen LogP contribution in [0.25, 0.3) is 0 Å². The minimum Gasteiger partial charge on any atom is -0.491 e. The van der Waals surface area contributed by atoms with E-state index in [2.05, 4.69) is 5.32 Å². The van der Waals surface area contributed by atoms with E-state index < -0.39 is 5.97 Å². The SMILES string of the molecule is CC(C)Oc1cccc(CN(C)C(=O)NCc2ccc(C(=O)O)cc2)c1. The van der Waals surface area contributed by atoms with Crippen LogP contribution in [-0.2, 0) is 13.1 Å². The molecule has 0 spiro atoms. The third-order valence-electron chi connectivity index (χ3n) is 3.68. The highest BCUT2D eigenvalue weighted by Crippen LogP contribution is 2.16. The van der Waals surface area contributed by atoms with Crippen LogP contribution >= 0.6 is 0 Å². The van der Waals surface area contributed by atoms with Crippen LogP contribution in [0.2, 0.25) is 0 Å². The fraction of sp³-hybridized carbons (Fsp3) is 0.300. The predicted molar refractivity (Wildman–Crippen MR) is 99.3 cm³/mol. The number of hydrogen-bond donors (Lipinski definition) is 2. The lowest BCUT2D eigenvalue weighted by Gasteiger charge is -2.19. The number of urea groups is 1. The zero-order valence-electron chi connectivity index (χ0n) is 15.2. The molecule has 0 radical (unpaired) electrons. The summed E-state index contributed by atoms with van der Waals surface area (Å²) in [4.78, 5) is 24.7. The Hall–Kier alpha value is -3.02. The lowest BCUT2D eigenvalue weighted by molar-refractivity contribution is 0.0697. The molecule has 2 rings (SSSR count). The van der Waals surface area contributed by atoms with Crippen LogP contribution in [0.1, 0.15) is 35.3 Å². The zero-order valence-corrected chi connectivity index (χ0v) is 15.2. The lowest BCUT2D eigenvalue weighted by atomic mass is 10.1. The molecular weight excluding hydrogens is 332 g/mol. The van der Waals surface area contributed by atoms with Crippen molar-refractivity contribution in [3.8, 4) is 5.75 Å². The van der Waals surface area contributed by atoms with Crippen molar-refractivity contribution in [1.82, 2.24) is 10.2 Å². The standard InChI is InChI=1S/C20H24N2O4/c1-14(2)26-18-6-4-5-16(11-18)13-22(3)20(25)21-12-15-7-9-17(10-8-15)19(23)24/h4-11,14H,12-13H2,1-3H3,(H,21,25)(H,23,24). The number of nitrogens with one attached hydrogen (secondary N) is 1. The summed E-state index contributed by atoms with van der Waals surface area (Å²) in [6.07, 6.45) is 0.0961. The summed E-state index contributed by atoms with van der Waals surface area (Å²) >= 11 is 0. The molecule has 6 nitrogen and oxygen atoms in total. The largest absolute Gasteiger partial charge is 0.491 e. The Balaban J connectivity index is 1.88. The number of amides is 2. The van der Waals surface area contributed by atoms with Crippen LogP contribution in [0.15, 0.2) is 48.5 Å². The molecule has 6 heteroatoms. The molecule has 0 saturated heterocycles. The minimum atomic E-state index is -0.969. The number of carbonyl (C=O) groups is 2. The first-order valence-electron chi connectivity index (χ1n) is 8.42. The van der Waals surface area contributed by atoms with Gasteiger partial charge in [-0.3, -0.25) is 0 Å². The highest BCUT2D eigenvalue weighted by molar-refractivity contribution is 5.87. The molecule has 0 atom stereocenters. The highest BCUT2D eigenvalue weighted by Gasteiger charge is 2.10. The molecule has 2 aromatic carbocycles.